The Kier molecular flexibility index (Phi) is 6.20. The molecular formula is C20H25N5OS2. The van der Waals surface area contributed by atoms with Gasteiger partial charge in [-0.25, -0.2) is 4.98 Å². The molecule has 0 aliphatic rings. The van der Waals surface area contributed by atoms with E-state index in [9.17, 15) is 4.79 Å². The number of hydrogen-bond donors (Lipinski definition) is 1. The van der Waals surface area contributed by atoms with E-state index >= 15 is 0 Å². The van der Waals surface area contributed by atoms with Gasteiger partial charge in [0, 0.05) is 16.5 Å². The molecule has 0 saturated carbocycles. The Balaban J connectivity index is 1.80. The summed E-state index contributed by atoms with van der Waals surface area (Å²) in [6, 6.07) is 8.38. The lowest BCUT2D eigenvalue weighted by Crippen LogP contribution is -2.23. The third-order valence-corrected chi connectivity index (χ3v) is 6.41. The van der Waals surface area contributed by atoms with Crippen molar-refractivity contribution in [2.75, 3.05) is 5.32 Å². The van der Waals surface area contributed by atoms with Crippen molar-refractivity contribution < 1.29 is 4.79 Å². The smallest absolute Gasteiger partial charge is 0.239 e. The molecule has 1 N–H and O–H groups in total. The number of rotatable bonds is 6. The average molecular weight is 416 g/mol. The maximum Gasteiger partial charge on any atom is 0.239 e. The number of nitrogens with one attached hydrogen (secondary N) is 1. The van der Waals surface area contributed by atoms with Crippen LogP contribution in [-0.2, 0) is 4.79 Å². The molecule has 1 atom stereocenters. The van der Waals surface area contributed by atoms with E-state index in [1.54, 1.807) is 0 Å². The molecule has 0 aliphatic heterocycles. The van der Waals surface area contributed by atoms with Crippen LogP contribution in [0.25, 0.3) is 11.4 Å². The summed E-state index contributed by atoms with van der Waals surface area (Å²) in [5, 5.41) is 12.7. The number of thioether (sulfide) groups is 1. The van der Waals surface area contributed by atoms with Gasteiger partial charge in [0.1, 0.15) is 0 Å². The topological polar surface area (TPSA) is 72.7 Å². The fourth-order valence-electron chi connectivity index (χ4n) is 2.75. The van der Waals surface area contributed by atoms with E-state index in [0.717, 1.165) is 27.1 Å². The van der Waals surface area contributed by atoms with Gasteiger partial charge in [-0.3, -0.25) is 9.36 Å². The molecule has 148 valence electrons. The zero-order chi connectivity index (χ0) is 20.4. The molecule has 0 radical (unpaired) electrons. The Morgan fingerprint density at radius 3 is 2.54 bits per heavy atom. The second-order valence-corrected chi connectivity index (χ2v) is 9.56. The largest absolute Gasteiger partial charge is 0.301 e. The number of carbonyl (C=O) groups excluding carboxylic acids is 1. The fourth-order valence-corrected chi connectivity index (χ4v) is 4.55. The average Bonchev–Trinajstić information content (AvgIpc) is 3.18. The lowest BCUT2D eigenvalue weighted by Gasteiger charge is -2.16. The summed E-state index contributed by atoms with van der Waals surface area (Å²) in [7, 11) is 0. The van der Waals surface area contributed by atoms with Gasteiger partial charge in [-0.05, 0) is 47.6 Å². The normalized spacial score (nSPS) is 12.4. The van der Waals surface area contributed by atoms with E-state index in [4.69, 9.17) is 0 Å². The Morgan fingerprint density at radius 1 is 1.18 bits per heavy atom. The molecule has 1 amide bonds. The van der Waals surface area contributed by atoms with Crippen LogP contribution in [0, 0.1) is 20.8 Å². The summed E-state index contributed by atoms with van der Waals surface area (Å²) < 4.78 is 2.08. The van der Waals surface area contributed by atoms with Crippen molar-refractivity contribution in [1.82, 2.24) is 19.7 Å². The van der Waals surface area contributed by atoms with Gasteiger partial charge in [0.25, 0.3) is 0 Å². The van der Waals surface area contributed by atoms with Crippen LogP contribution in [0.3, 0.4) is 0 Å². The Bertz CT molecular complexity index is 973. The third kappa shape index (κ3) is 4.44. The minimum atomic E-state index is -0.323. The number of carbonyl (C=O) groups is 1. The number of nitrogens with zero attached hydrogens (tertiary/aromatic N) is 4. The standard InChI is InChI=1S/C20H25N5OS2/c1-11(2)25-17(16-9-7-8-12(3)10-16)23-24-20(25)28-15(6)18(26)22-19-21-13(4)14(5)27-19/h7-11,15H,1-6H3,(H,21,22,26)/t15-/m0/s1. The first-order chi connectivity index (χ1) is 13.3. The molecule has 8 heteroatoms. The van der Waals surface area contributed by atoms with Crippen molar-refractivity contribution in [2.24, 2.45) is 0 Å². The Hall–Kier alpha value is -2.19. The van der Waals surface area contributed by atoms with Crippen LogP contribution in [0.5, 0.6) is 0 Å². The zero-order valence-electron chi connectivity index (χ0n) is 17.0. The molecule has 1 aromatic carbocycles. The summed E-state index contributed by atoms with van der Waals surface area (Å²) in [6.07, 6.45) is 0. The summed E-state index contributed by atoms with van der Waals surface area (Å²) in [5.41, 5.74) is 3.15. The van der Waals surface area contributed by atoms with Crippen molar-refractivity contribution in [3.05, 3.63) is 40.4 Å². The summed E-state index contributed by atoms with van der Waals surface area (Å²) in [6.45, 7) is 12.1. The van der Waals surface area contributed by atoms with Gasteiger partial charge >= 0.3 is 0 Å². The van der Waals surface area contributed by atoms with Gasteiger partial charge < -0.3 is 5.32 Å². The van der Waals surface area contributed by atoms with E-state index in [1.165, 1.54) is 28.7 Å². The summed E-state index contributed by atoms with van der Waals surface area (Å²) >= 11 is 2.90. The SMILES string of the molecule is Cc1cccc(-c2nnc(S[C@@H](C)C(=O)Nc3nc(C)c(C)s3)n2C(C)C)c1. The molecule has 2 aromatic heterocycles. The zero-order valence-corrected chi connectivity index (χ0v) is 18.6. The Morgan fingerprint density at radius 2 is 1.93 bits per heavy atom. The molecule has 0 fully saturated rings. The number of benzene rings is 1. The highest BCUT2D eigenvalue weighted by molar-refractivity contribution is 8.00. The van der Waals surface area contributed by atoms with E-state index < -0.39 is 0 Å². The first-order valence-electron chi connectivity index (χ1n) is 9.19. The minimum Gasteiger partial charge on any atom is -0.301 e. The van der Waals surface area contributed by atoms with E-state index in [2.05, 4.69) is 58.0 Å². The first-order valence-corrected chi connectivity index (χ1v) is 10.9. The maximum atomic E-state index is 12.6. The monoisotopic (exact) mass is 415 g/mol. The second kappa shape index (κ2) is 8.45. The van der Waals surface area contributed by atoms with Crippen molar-refractivity contribution in [3.8, 4) is 11.4 Å². The van der Waals surface area contributed by atoms with E-state index in [1.807, 2.05) is 32.9 Å². The van der Waals surface area contributed by atoms with Crippen LogP contribution in [-0.4, -0.2) is 30.9 Å². The molecule has 3 rings (SSSR count). The number of amides is 1. The van der Waals surface area contributed by atoms with Crippen molar-refractivity contribution >= 4 is 34.1 Å². The number of aryl methyl sites for hydroxylation is 3. The van der Waals surface area contributed by atoms with Crippen LogP contribution in [0.4, 0.5) is 5.13 Å². The summed E-state index contributed by atoms with van der Waals surface area (Å²) in [5.74, 6) is 0.731. The molecule has 0 aliphatic carbocycles. The highest BCUT2D eigenvalue weighted by Crippen LogP contribution is 2.31. The Labute approximate surface area is 173 Å². The summed E-state index contributed by atoms with van der Waals surface area (Å²) in [4.78, 5) is 18.1. The highest BCUT2D eigenvalue weighted by atomic mass is 32.2. The van der Waals surface area contributed by atoms with Gasteiger partial charge in [-0.1, -0.05) is 35.5 Å². The molecule has 2 heterocycles. The van der Waals surface area contributed by atoms with Crippen LogP contribution in [0.1, 0.15) is 42.9 Å². The number of anilines is 1. The fraction of sp³-hybridized carbons (Fsp3) is 0.400. The predicted molar refractivity (Wildman–Crippen MR) is 116 cm³/mol. The molecular weight excluding hydrogens is 390 g/mol. The quantitative estimate of drug-likeness (QED) is 0.572. The third-order valence-electron chi connectivity index (χ3n) is 4.37. The lowest BCUT2D eigenvalue weighted by molar-refractivity contribution is -0.115. The van der Waals surface area contributed by atoms with Gasteiger partial charge in [0.2, 0.25) is 5.91 Å². The molecule has 0 saturated heterocycles. The maximum absolute atomic E-state index is 12.6. The number of hydrogen-bond acceptors (Lipinski definition) is 6. The van der Waals surface area contributed by atoms with Crippen LogP contribution >= 0.6 is 23.1 Å². The molecule has 0 unspecified atom stereocenters. The van der Waals surface area contributed by atoms with Crippen molar-refractivity contribution in [1.29, 1.82) is 0 Å². The van der Waals surface area contributed by atoms with E-state index in [-0.39, 0.29) is 17.2 Å². The van der Waals surface area contributed by atoms with Crippen LogP contribution in [0.15, 0.2) is 29.4 Å². The number of aromatic nitrogens is 4. The minimum absolute atomic E-state index is 0.0887. The van der Waals surface area contributed by atoms with Crippen molar-refractivity contribution in [3.63, 3.8) is 0 Å². The molecule has 6 nitrogen and oxygen atoms in total. The second-order valence-electron chi connectivity index (χ2n) is 7.05. The lowest BCUT2D eigenvalue weighted by atomic mass is 10.1. The van der Waals surface area contributed by atoms with Gasteiger partial charge in [-0.2, -0.15) is 0 Å². The van der Waals surface area contributed by atoms with Gasteiger partial charge in [-0.15, -0.1) is 21.5 Å². The molecule has 0 spiro atoms. The van der Waals surface area contributed by atoms with Crippen molar-refractivity contribution in [2.45, 2.75) is 58.0 Å². The van der Waals surface area contributed by atoms with Gasteiger partial charge in [0.05, 0.1) is 10.9 Å². The number of thiazole rings is 1. The van der Waals surface area contributed by atoms with Crippen LogP contribution in [0.2, 0.25) is 0 Å². The van der Waals surface area contributed by atoms with Crippen LogP contribution < -0.4 is 5.32 Å². The van der Waals surface area contributed by atoms with E-state index in [0.29, 0.717) is 5.13 Å². The first kappa shape index (κ1) is 20.5. The molecule has 0 bridgehead atoms. The molecule has 28 heavy (non-hydrogen) atoms. The highest BCUT2D eigenvalue weighted by Gasteiger charge is 2.23. The predicted octanol–water partition coefficient (Wildman–Crippen LogP) is 5.03. The molecule has 3 aromatic rings. The van der Waals surface area contributed by atoms with Gasteiger partial charge in [0.15, 0.2) is 16.1 Å².